The van der Waals surface area contributed by atoms with Gasteiger partial charge in [-0.05, 0) is 31.0 Å². The maximum Gasteiger partial charge on any atom is 0.227 e. The van der Waals surface area contributed by atoms with Gasteiger partial charge in [0.2, 0.25) is 5.91 Å². The van der Waals surface area contributed by atoms with Crippen LogP contribution < -0.4 is 5.32 Å². The summed E-state index contributed by atoms with van der Waals surface area (Å²) in [6, 6.07) is 16.3. The average Bonchev–Trinajstić information content (AvgIpc) is 3.04. The van der Waals surface area contributed by atoms with Gasteiger partial charge in [-0.25, -0.2) is 4.98 Å². The molecule has 0 atom stereocenters. The van der Waals surface area contributed by atoms with Crippen molar-refractivity contribution >= 4 is 17.2 Å². The van der Waals surface area contributed by atoms with Crippen molar-refractivity contribution in [3.63, 3.8) is 0 Å². The lowest BCUT2D eigenvalue weighted by molar-refractivity contribution is -0.120. The molecule has 0 spiro atoms. The van der Waals surface area contributed by atoms with Crippen molar-refractivity contribution in [2.24, 2.45) is 0 Å². The van der Waals surface area contributed by atoms with Crippen LogP contribution in [0.15, 0.2) is 53.9 Å². The molecule has 0 aliphatic rings. The molecule has 1 heterocycles. The highest BCUT2D eigenvalue weighted by Crippen LogP contribution is 2.26. The largest absolute Gasteiger partial charge is 0.352 e. The first-order valence-corrected chi connectivity index (χ1v) is 8.82. The monoisotopic (exact) mass is 336 g/mol. The van der Waals surface area contributed by atoms with Crippen LogP contribution in [0.5, 0.6) is 0 Å². The number of aromatic nitrogens is 1. The maximum absolute atomic E-state index is 12.1. The van der Waals surface area contributed by atoms with E-state index in [1.807, 2.05) is 35.7 Å². The fourth-order valence-electron chi connectivity index (χ4n) is 2.52. The molecular formula is C20H20N2OS. The van der Waals surface area contributed by atoms with Gasteiger partial charge in [-0.2, -0.15) is 0 Å². The van der Waals surface area contributed by atoms with E-state index in [0.29, 0.717) is 13.0 Å². The summed E-state index contributed by atoms with van der Waals surface area (Å²) >= 11 is 1.54. The normalized spacial score (nSPS) is 10.6. The molecule has 0 fully saturated rings. The summed E-state index contributed by atoms with van der Waals surface area (Å²) in [5.41, 5.74) is 5.60. The van der Waals surface area contributed by atoms with Crippen molar-refractivity contribution in [1.29, 1.82) is 0 Å². The average molecular weight is 336 g/mol. The maximum atomic E-state index is 12.1. The summed E-state index contributed by atoms with van der Waals surface area (Å²) in [5.74, 6) is 0.000664. The Morgan fingerprint density at radius 1 is 1.12 bits per heavy atom. The number of rotatable bonds is 5. The molecule has 3 rings (SSSR count). The predicted molar refractivity (Wildman–Crippen MR) is 99.0 cm³/mol. The minimum Gasteiger partial charge on any atom is -0.352 e. The van der Waals surface area contributed by atoms with Crippen molar-refractivity contribution in [2.75, 3.05) is 0 Å². The van der Waals surface area contributed by atoms with Crippen LogP contribution in [-0.2, 0) is 17.8 Å². The van der Waals surface area contributed by atoms with Crippen LogP contribution in [0.25, 0.3) is 11.3 Å². The molecule has 0 unspecified atom stereocenters. The smallest absolute Gasteiger partial charge is 0.227 e. The van der Waals surface area contributed by atoms with Crippen LogP contribution in [0, 0.1) is 13.8 Å². The molecule has 24 heavy (non-hydrogen) atoms. The molecule has 122 valence electrons. The first-order chi connectivity index (χ1) is 11.6. The number of nitrogens with zero attached hydrogens (tertiary/aromatic N) is 1. The minimum atomic E-state index is 0.000664. The molecule has 1 amide bonds. The second-order valence-corrected chi connectivity index (χ2v) is 6.83. The molecule has 3 nitrogen and oxygen atoms in total. The van der Waals surface area contributed by atoms with E-state index in [0.717, 1.165) is 21.8 Å². The molecule has 1 aromatic heterocycles. The summed E-state index contributed by atoms with van der Waals surface area (Å²) in [7, 11) is 0. The van der Waals surface area contributed by atoms with Crippen molar-refractivity contribution < 1.29 is 4.79 Å². The Bertz CT molecular complexity index is 840. The van der Waals surface area contributed by atoms with E-state index in [1.54, 1.807) is 0 Å². The number of hydrogen-bond acceptors (Lipinski definition) is 3. The Hall–Kier alpha value is -2.46. The van der Waals surface area contributed by atoms with Crippen LogP contribution in [0.1, 0.15) is 21.7 Å². The SMILES string of the molecule is Cc1ccc(C)c(-c2csc(CC(=O)NCc3ccccc3)n2)c1. The second-order valence-electron chi connectivity index (χ2n) is 5.88. The lowest BCUT2D eigenvalue weighted by Crippen LogP contribution is -2.24. The van der Waals surface area contributed by atoms with Crippen molar-refractivity contribution in [3.05, 3.63) is 75.6 Å². The number of benzene rings is 2. The number of nitrogens with one attached hydrogen (secondary N) is 1. The highest BCUT2D eigenvalue weighted by molar-refractivity contribution is 7.10. The molecule has 0 aliphatic heterocycles. The number of aryl methyl sites for hydroxylation is 2. The molecule has 3 aromatic rings. The number of carbonyl (C=O) groups is 1. The second kappa shape index (κ2) is 7.41. The molecule has 1 N–H and O–H groups in total. The zero-order chi connectivity index (χ0) is 16.9. The number of carbonyl (C=O) groups excluding carboxylic acids is 1. The van der Waals surface area contributed by atoms with Gasteiger partial charge in [-0.3, -0.25) is 4.79 Å². The van der Waals surface area contributed by atoms with Gasteiger partial charge in [0, 0.05) is 17.5 Å². The van der Waals surface area contributed by atoms with Gasteiger partial charge in [-0.15, -0.1) is 11.3 Å². The molecule has 0 bridgehead atoms. The Balaban J connectivity index is 1.63. The summed E-state index contributed by atoms with van der Waals surface area (Å²) in [6.07, 6.45) is 0.322. The lowest BCUT2D eigenvalue weighted by atomic mass is 10.0. The fourth-order valence-corrected chi connectivity index (χ4v) is 3.32. The van der Waals surface area contributed by atoms with Gasteiger partial charge in [-0.1, -0.05) is 48.0 Å². The van der Waals surface area contributed by atoms with Crippen LogP contribution in [-0.4, -0.2) is 10.9 Å². The predicted octanol–water partition coefficient (Wildman–Crippen LogP) is 4.29. The van der Waals surface area contributed by atoms with Gasteiger partial charge >= 0.3 is 0 Å². The standard InChI is InChI=1S/C20H20N2OS/c1-14-8-9-15(2)17(10-14)18-13-24-20(22-18)11-19(23)21-12-16-6-4-3-5-7-16/h3-10,13H,11-12H2,1-2H3,(H,21,23). The summed E-state index contributed by atoms with van der Waals surface area (Å²) in [4.78, 5) is 16.7. The third kappa shape index (κ3) is 4.09. The first kappa shape index (κ1) is 16.4. The first-order valence-electron chi connectivity index (χ1n) is 7.94. The quantitative estimate of drug-likeness (QED) is 0.755. The molecule has 4 heteroatoms. The highest BCUT2D eigenvalue weighted by atomic mass is 32.1. The molecule has 0 saturated carbocycles. The molecule has 0 aliphatic carbocycles. The van der Waals surface area contributed by atoms with Gasteiger partial charge in [0.1, 0.15) is 5.01 Å². The van der Waals surface area contributed by atoms with E-state index < -0.39 is 0 Å². The van der Waals surface area contributed by atoms with Crippen LogP contribution >= 0.6 is 11.3 Å². The Morgan fingerprint density at radius 3 is 2.71 bits per heavy atom. The highest BCUT2D eigenvalue weighted by Gasteiger charge is 2.10. The van der Waals surface area contributed by atoms with Gasteiger partial charge in [0.05, 0.1) is 12.1 Å². The summed E-state index contributed by atoms with van der Waals surface area (Å²) < 4.78 is 0. The Labute approximate surface area is 146 Å². The van der Waals surface area contributed by atoms with E-state index in [9.17, 15) is 4.79 Å². The van der Waals surface area contributed by atoms with Crippen molar-refractivity contribution in [3.8, 4) is 11.3 Å². The number of amides is 1. The topological polar surface area (TPSA) is 42.0 Å². The zero-order valence-electron chi connectivity index (χ0n) is 13.9. The Kier molecular flexibility index (Phi) is 5.06. The van der Waals surface area contributed by atoms with Crippen molar-refractivity contribution in [1.82, 2.24) is 10.3 Å². The molecule has 0 saturated heterocycles. The van der Waals surface area contributed by atoms with Crippen LogP contribution in [0.4, 0.5) is 0 Å². The zero-order valence-corrected chi connectivity index (χ0v) is 14.7. The lowest BCUT2D eigenvalue weighted by Gasteiger charge is -2.04. The number of thiazole rings is 1. The summed E-state index contributed by atoms with van der Waals surface area (Å²) in [5, 5.41) is 5.82. The summed E-state index contributed by atoms with van der Waals surface area (Å²) in [6.45, 7) is 4.71. The van der Waals surface area contributed by atoms with Gasteiger partial charge in [0.25, 0.3) is 0 Å². The van der Waals surface area contributed by atoms with E-state index in [-0.39, 0.29) is 5.91 Å². The van der Waals surface area contributed by atoms with Crippen LogP contribution in [0.2, 0.25) is 0 Å². The fraction of sp³-hybridized carbons (Fsp3) is 0.200. The molecule has 2 aromatic carbocycles. The Morgan fingerprint density at radius 2 is 1.92 bits per heavy atom. The van der Waals surface area contributed by atoms with E-state index in [2.05, 4.69) is 42.3 Å². The van der Waals surface area contributed by atoms with E-state index in [4.69, 9.17) is 0 Å². The van der Waals surface area contributed by atoms with Gasteiger partial charge < -0.3 is 5.32 Å². The van der Waals surface area contributed by atoms with Crippen LogP contribution in [0.3, 0.4) is 0 Å². The van der Waals surface area contributed by atoms with Crippen molar-refractivity contribution in [2.45, 2.75) is 26.8 Å². The van der Waals surface area contributed by atoms with E-state index in [1.165, 1.54) is 22.5 Å². The van der Waals surface area contributed by atoms with E-state index >= 15 is 0 Å². The molecular weight excluding hydrogens is 316 g/mol. The third-order valence-electron chi connectivity index (χ3n) is 3.87. The number of hydrogen-bond donors (Lipinski definition) is 1. The third-order valence-corrected chi connectivity index (χ3v) is 4.71. The minimum absolute atomic E-state index is 0.000664. The van der Waals surface area contributed by atoms with Gasteiger partial charge in [0.15, 0.2) is 0 Å². The molecule has 0 radical (unpaired) electrons.